The molecule has 2 aromatic carbocycles. The van der Waals surface area contributed by atoms with Gasteiger partial charge in [-0.3, -0.25) is 0 Å². The van der Waals surface area contributed by atoms with Gasteiger partial charge in [0, 0.05) is 10.4 Å². The summed E-state index contributed by atoms with van der Waals surface area (Å²) in [6.07, 6.45) is 0. The van der Waals surface area contributed by atoms with Crippen molar-refractivity contribution in [1.29, 1.82) is 0 Å². The van der Waals surface area contributed by atoms with Crippen molar-refractivity contribution in [1.82, 2.24) is 10.4 Å². The molecule has 1 radical (unpaired) electrons. The summed E-state index contributed by atoms with van der Waals surface area (Å²) in [4.78, 5) is 5.88. The second kappa shape index (κ2) is 7.03. The zero-order valence-corrected chi connectivity index (χ0v) is 16.4. The number of nitrogens with zero attached hydrogens (tertiary/aromatic N) is 5. The Morgan fingerprint density at radius 2 is 1.56 bits per heavy atom. The molecule has 5 nitrogen and oxygen atoms in total. The Bertz CT molecular complexity index is 861. The van der Waals surface area contributed by atoms with E-state index in [1.807, 2.05) is 67.6 Å². The van der Waals surface area contributed by atoms with Crippen LogP contribution in [0.1, 0.15) is 21.1 Å². The highest BCUT2D eigenvalue weighted by atomic mass is 79.9. The molecule has 0 spiro atoms. The third-order valence-electron chi connectivity index (χ3n) is 4.00. The van der Waals surface area contributed by atoms with Gasteiger partial charge in [-0.15, -0.1) is 33.4 Å². The molecule has 0 aliphatic carbocycles. The Morgan fingerprint density at radius 3 is 2.16 bits per heavy atom. The number of aromatic nitrogens is 1. The molecule has 2 heterocycles. The number of anilines is 1. The lowest BCUT2D eigenvalue weighted by Gasteiger charge is -2.23. The van der Waals surface area contributed by atoms with E-state index >= 15 is 0 Å². The van der Waals surface area contributed by atoms with E-state index < -0.39 is 5.66 Å². The highest BCUT2D eigenvalue weighted by molar-refractivity contribution is 8.93. The first-order valence-electron chi connectivity index (χ1n) is 7.70. The van der Waals surface area contributed by atoms with Crippen LogP contribution in [0.4, 0.5) is 5.69 Å². The summed E-state index contributed by atoms with van der Waals surface area (Å²) in [6.45, 7) is 4.07. The van der Waals surface area contributed by atoms with Crippen LogP contribution in [0.15, 0.2) is 71.0 Å². The normalized spacial score (nSPS) is 19.0. The van der Waals surface area contributed by atoms with E-state index in [0.29, 0.717) is 0 Å². The van der Waals surface area contributed by atoms with E-state index in [9.17, 15) is 0 Å². The van der Waals surface area contributed by atoms with Crippen LogP contribution in [0, 0.1) is 13.8 Å². The van der Waals surface area contributed by atoms with E-state index in [1.54, 1.807) is 16.5 Å². The first kappa shape index (κ1) is 17.7. The van der Waals surface area contributed by atoms with Crippen LogP contribution in [0.5, 0.6) is 0 Å². The molecule has 0 saturated carbocycles. The lowest BCUT2D eigenvalue weighted by atomic mass is 10.0. The molecule has 127 valence electrons. The van der Waals surface area contributed by atoms with Gasteiger partial charge in [-0.25, -0.2) is 4.98 Å². The summed E-state index contributed by atoms with van der Waals surface area (Å²) in [6, 6.07) is 19.8. The third kappa shape index (κ3) is 3.10. The average Bonchev–Trinajstić information content (AvgIpc) is 3.22. The first-order valence-corrected chi connectivity index (χ1v) is 8.51. The van der Waals surface area contributed by atoms with E-state index in [4.69, 9.17) is 10.4 Å². The van der Waals surface area contributed by atoms with Crippen molar-refractivity contribution < 1.29 is 0 Å². The maximum absolute atomic E-state index is 4.83. The second-order valence-corrected chi connectivity index (χ2v) is 6.82. The summed E-state index contributed by atoms with van der Waals surface area (Å²) >= 11 is 1.62. The fourth-order valence-electron chi connectivity index (χ4n) is 2.57. The lowest BCUT2D eigenvalue weighted by Crippen LogP contribution is -2.39. The van der Waals surface area contributed by atoms with Gasteiger partial charge >= 0.3 is 0 Å². The second-order valence-electron chi connectivity index (χ2n) is 5.61. The summed E-state index contributed by atoms with van der Waals surface area (Å²) in [5.74, 6) is 0. The molecule has 0 fully saturated rings. The average molecular weight is 415 g/mol. The Labute approximate surface area is 161 Å². The third-order valence-corrected chi connectivity index (χ3v) is 5.17. The number of para-hydroxylation sites is 1. The van der Waals surface area contributed by atoms with E-state index in [0.717, 1.165) is 22.0 Å². The minimum atomic E-state index is -0.916. The zero-order valence-electron chi connectivity index (χ0n) is 13.8. The van der Waals surface area contributed by atoms with Gasteiger partial charge in [0.2, 0.25) is 5.66 Å². The minimum absolute atomic E-state index is 0. The zero-order chi connectivity index (χ0) is 16.6. The largest absolute Gasteiger partial charge is 0.248 e. The molecule has 4 rings (SSSR count). The van der Waals surface area contributed by atoms with Gasteiger partial charge < -0.3 is 0 Å². The van der Waals surface area contributed by atoms with Crippen molar-refractivity contribution >= 4 is 34.0 Å². The fourth-order valence-corrected chi connectivity index (χ4v) is 3.58. The molecule has 25 heavy (non-hydrogen) atoms. The Balaban J connectivity index is 0.00000182. The van der Waals surface area contributed by atoms with Gasteiger partial charge in [0.05, 0.1) is 11.4 Å². The molecular formula is C18H17BrN5S. The van der Waals surface area contributed by atoms with Gasteiger partial charge in [0.25, 0.3) is 0 Å². The standard InChI is InChI=1S/C18H16N5S.BrH/c1-13-14(2)24-17(19-13)18(15-9-5-3-6-10-15)20-22-23(21-18)16-11-7-4-8-12-16;/h3-12H,1-2H3;1H. The molecule has 0 bridgehead atoms. The molecule has 7 heteroatoms. The molecular weight excluding hydrogens is 398 g/mol. The molecule has 1 aliphatic heterocycles. The summed E-state index contributed by atoms with van der Waals surface area (Å²) in [7, 11) is 0. The smallest absolute Gasteiger partial charge is 0.242 e. The fraction of sp³-hybridized carbons (Fsp3) is 0.167. The molecule has 1 atom stereocenters. The van der Waals surface area contributed by atoms with Gasteiger partial charge in [0.1, 0.15) is 5.01 Å². The monoisotopic (exact) mass is 414 g/mol. The van der Waals surface area contributed by atoms with Crippen molar-refractivity contribution in [2.75, 3.05) is 5.12 Å². The number of rotatable bonds is 3. The Morgan fingerprint density at radius 1 is 0.920 bits per heavy atom. The van der Waals surface area contributed by atoms with Gasteiger partial charge in [0.15, 0.2) is 0 Å². The molecule has 3 aromatic rings. The van der Waals surface area contributed by atoms with Crippen LogP contribution in [-0.4, -0.2) is 4.98 Å². The van der Waals surface area contributed by atoms with E-state index in [2.05, 4.69) is 17.3 Å². The van der Waals surface area contributed by atoms with Crippen molar-refractivity contribution in [3.8, 4) is 0 Å². The number of halogens is 1. The van der Waals surface area contributed by atoms with E-state index in [-0.39, 0.29) is 17.0 Å². The SMILES string of the molecule is Br.Cc1nc(C2(c3ccccc3)[N]N(c3ccccc3)N=N2)sc1C. The first-order chi connectivity index (χ1) is 11.7. The van der Waals surface area contributed by atoms with Gasteiger partial charge in [-0.1, -0.05) is 59.2 Å². The summed E-state index contributed by atoms with van der Waals surface area (Å²) < 4.78 is 0. The number of hydrogen-bond donors (Lipinski definition) is 0. The van der Waals surface area contributed by atoms with Gasteiger partial charge in [-0.05, 0) is 26.0 Å². The van der Waals surface area contributed by atoms with Crippen LogP contribution in [-0.2, 0) is 5.66 Å². The quantitative estimate of drug-likeness (QED) is 0.608. The minimum Gasteiger partial charge on any atom is -0.242 e. The van der Waals surface area contributed by atoms with Crippen LogP contribution in [0.2, 0.25) is 0 Å². The number of hydrogen-bond acceptors (Lipinski definition) is 5. The Kier molecular flexibility index (Phi) is 4.99. The number of aryl methyl sites for hydroxylation is 2. The Hall–Kier alpha value is -2.09. The molecule has 1 aliphatic rings. The molecule has 0 amide bonds. The van der Waals surface area contributed by atoms with Crippen LogP contribution in [0.25, 0.3) is 0 Å². The van der Waals surface area contributed by atoms with E-state index in [1.165, 1.54) is 4.88 Å². The van der Waals surface area contributed by atoms with Crippen molar-refractivity contribution in [2.24, 2.45) is 10.3 Å². The molecule has 1 aromatic heterocycles. The maximum Gasteiger partial charge on any atom is 0.248 e. The van der Waals surface area contributed by atoms with Crippen LogP contribution in [0.3, 0.4) is 0 Å². The number of thiazole rings is 1. The van der Waals surface area contributed by atoms with Crippen LogP contribution >= 0.6 is 28.3 Å². The van der Waals surface area contributed by atoms with Crippen molar-refractivity contribution in [2.45, 2.75) is 19.5 Å². The molecule has 1 unspecified atom stereocenters. The molecule has 0 N–H and O–H groups in total. The summed E-state index contributed by atoms with van der Waals surface area (Å²) in [5, 5.41) is 11.3. The molecule has 0 saturated heterocycles. The highest BCUT2D eigenvalue weighted by Crippen LogP contribution is 2.40. The lowest BCUT2D eigenvalue weighted by molar-refractivity contribution is 0.447. The maximum atomic E-state index is 4.83. The van der Waals surface area contributed by atoms with Crippen molar-refractivity contribution in [3.05, 3.63) is 81.8 Å². The van der Waals surface area contributed by atoms with Gasteiger partial charge in [-0.2, -0.15) is 5.12 Å². The van der Waals surface area contributed by atoms with Crippen LogP contribution < -0.4 is 10.5 Å². The number of benzene rings is 2. The topological polar surface area (TPSA) is 55.0 Å². The highest BCUT2D eigenvalue weighted by Gasteiger charge is 2.45. The summed E-state index contributed by atoms with van der Waals surface area (Å²) in [5.41, 5.74) is 6.76. The van der Waals surface area contributed by atoms with Crippen molar-refractivity contribution in [3.63, 3.8) is 0 Å². The predicted molar refractivity (Wildman–Crippen MR) is 105 cm³/mol. The predicted octanol–water partition coefficient (Wildman–Crippen LogP) is 4.95.